The van der Waals surface area contributed by atoms with E-state index in [1.165, 1.54) is 241 Å². The van der Waals surface area contributed by atoms with Gasteiger partial charge >= 0.3 is 0 Å². The van der Waals surface area contributed by atoms with Crippen molar-refractivity contribution in [2.45, 2.75) is 356 Å². The highest BCUT2D eigenvalue weighted by molar-refractivity contribution is 5.54. The molecule has 0 aromatic carbocycles. The van der Waals surface area contributed by atoms with Crippen molar-refractivity contribution >= 4 is 0 Å². The minimum atomic E-state index is -0.0458. The van der Waals surface area contributed by atoms with Crippen molar-refractivity contribution in [3.8, 4) is 0 Å². The van der Waals surface area contributed by atoms with E-state index in [1.807, 2.05) is 13.8 Å². The van der Waals surface area contributed by atoms with Gasteiger partial charge in [-0.2, -0.15) is 0 Å². The molecule has 1 saturated heterocycles. The van der Waals surface area contributed by atoms with E-state index in [9.17, 15) is 0 Å². The van der Waals surface area contributed by atoms with Gasteiger partial charge in [0, 0.05) is 28.8 Å². The Labute approximate surface area is 505 Å². The number of rotatable bonds is 32. The van der Waals surface area contributed by atoms with Gasteiger partial charge in [-0.3, -0.25) is 0 Å². The molecule has 0 unspecified atom stereocenters. The maximum Gasteiger partial charge on any atom is 0.0406 e. The van der Waals surface area contributed by atoms with E-state index in [0.29, 0.717) is 0 Å². The predicted octanol–water partition coefficient (Wildman–Crippen LogP) is 28.3. The van der Waals surface area contributed by atoms with Gasteiger partial charge in [-0.1, -0.05) is 324 Å². The Kier molecular flexibility index (Phi) is 54.7. The van der Waals surface area contributed by atoms with Gasteiger partial charge < -0.3 is 4.90 Å². The van der Waals surface area contributed by atoms with E-state index in [-0.39, 0.29) is 10.8 Å². The first kappa shape index (κ1) is 81.2. The minimum absolute atomic E-state index is 0.0453. The van der Waals surface area contributed by atoms with E-state index in [2.05, 4.69) is 191 Å². The first-order valence-corrected chi connectivity index (χ1v) is 34.7. The van der Waals surface area contributed by atoms with Crippen LogP contribution in [0.2, 0.25) is 0 Å². The monoisotopic (exact) mass is 1110 g/mol. The largest absolute Gasteiger partial charge is 0.344 e. The Balaban J connectivity index is -0.00000122. The predicted molar refractivity (Wildman–Crippen MR) is 373 cm³/mol. The summed E-state index contributed by atoms with van der Waals surface area (Å²) in [5.41, 5.74) is 15.5. The van der Waals surface area contributed by atoms with Crippen molar-refractivity contribution in [3.63, 3.8) is 0 Å². The second-order valence-corrected chi connectivity index (χ2v) is 24.8. The van der Waals surface area contributed by atoms with Crippen LogP contribution >= 0.6 is 0 Å². The average molecular weight is 1110 g/mol. The molecule has 1 aliphatic heterocycles. The molecule has 0 atom stereocenters. The van der Waals surface area contributed by atoms with Gasteiger partial charge in [0.1, 0.15) is 0 Å². The van der Waals surface area contributed by atoms with Gasteiger partial charge in [0.25, 0.3) is 0 Å². The van der Waals surface area contributed by atoms with E-state index in [4.69, 9.17) is 0 Å². The zero-order chi connectivity index (χ0) is 61.0. The van der Waals surface area contributed by atoms with Crippen molar-refractivity contribution in [2.75, 3.05) is 6.54 Å². The number of unbranched alkanes of at least 4 members (excludes halogenated alkanes) is 21. The molecular formula is C79H143N. The number of hydrogen-bond acceptors (Lipinski definition) is 1. The van der Waals surface area contributed by atoms with Gasteiger partial charge in [0.05, 0.1) is 0 Å². The molecule has 1 heterocycles. The summed E-state index contributed by atoms with van der Waals surface area (Å²) in [4.78, 5) is 2.64. The third-order valence-corrected chi connectivity index (χ3v) is 16.3. The fraction of sp³-hybridized carbons (Fsp3) is 0.722. The normalized spacial score (nSPS) is 16.1. The molecule has 1 heteroatoms. The van der Waals surface area contributed by atoms with Crippen LogP contribution in [0.4, 0.5) is 0 Å². The number of fused-ring (bicyclic) bond motifs is 1. The molecule has 0 saturated carbocycles. The van der Waals surface area contributed by atoms with Gasteiger partial charge in [-0.05, 0) is 138 Å². The van der Waals surface area contributed by atoms with Crippen LogP contribution in [0.15, 0.2) is 130 Å². The molecule has 464 valence electrons. The highest BCUT2D eigenvalue weighted by Gasteiger charge is 2.42. The second kappa shape index (κ2) is 53.9. The highest BCUT2D eigenvalue weighted by atomic mass is 15.2. The molecule has 0 spiro atoms. The fourth-order valence-electron chi connectivity index (χ4n) is 10.4. The van der Waals surface area contributed by atoms with Gasteiger partial charge in [0.2, 0.25) is 0 Å². The lowest BCUT2D eigenvalue weighted by Crippen LogP contribution is -2.21. The summed E-state index contributed by atoms with van der Waals surface area (Å²) in [5.74, 6) is 0. The molecule has 4 aliphatic rings. The number of nitrogens with zero attached hydrogens (tertiary/aromatic N) is 1. The van der Waals surface area contributed by atoms with Crippen LogP contribution in [0.3, 0.4) is 0 Å². The summed E-state index contributed by atoms with van der Waals surface area (Å²) >= 11 is 0. The zero-order valence-electron chi connectivity index (χ0n) is 58.1. The topological polar surface area (TPSA) is 3.24 Å². The van der Waals surface area contributed by atoms with Gasteiger partial charge in [-0.15, -0.1) is 13.2 Å². The summed E-state index contributed by atoms with van der Waals surface area (Å²) in [7, 11) is 0. The zero-order valence-corrected chi connectivity index (χ0v) is 58.1. The first-order chi connectivity index (χ1) is 38.4. The molecule has 0 amide bonds. The molecule has 0 N–H and O–H groups in total. The summed E-state index contributed by atoms with van der Waals surface area (Å²) < 4.78 is 0. The van der Waals surface area contributed by atoms with E-state index in [1.54, 1.807) is 0 Å². The van der Waals surface area contributed by atoms with Crippen LogP contribution in [-0.2, 0) is 0 Å². The molecule has 80 heavy (non-hydrogen) atoms. The maximum atomic E-state index is 4.51. The van der Waals surface area contributed by atoms with Crippen LogP contribution < -0.4 is 0 Å². The molecular weight excluding hydrogens is 963 g/mol. The lowest BCUT2D eigenvalue weighted by molar-refractivity contribution is 0.393. The Morgan fingerprint density at radius 1 is 0.512 bits per heavy atom. The van der Waals surface area contributed by atoms with Crippen LogP contribution in [0, 0.1) is 10.8 Å². The molecule has 0 aromatic rings. The van der Waals surface area contributed by atoms with E-state index >= 15 is 0 Å². The van der Waals surface area contributed by atoms with Crippen molar-refractivity contribution < 1.29 is 0 Å². The lowest BCUT2D eigenvalue weighted by atomic mass is 9.73. The summed E-state index contributed by atoms with van der Waals surface area (Å²) in [6.07, 6.45) is 65.8. The molecule has 4 rings (SSSR count). The van der Waals surface area contributed by atoms with Crippen molar-refractivity contribution in [1.29, 1.82) is 0 Å². The van der Waals surface area contributed by atoms with Crippen LogP contribution in [0.1, 0.15) is 356 Å². The smallest absolute Gasteiger partial charge is 0.0406 e. The third kappa shape index (κ3) is 37.9. The fourth-order valence-corrected chi connectivity index (χ4v) is 10.4. The second-order valence-electron chi connectivity index (χ2n) is 24.8. The number of hydrogen-bond donors (Lipinski definition) is 0. The molecule has 3 aliphatic carbocycles. The lowest BCUT2D eigenvalue weighted by Gasteiger charge is -2.31. The van der Waals surface area contributed by atoms with E-state index < -0.39 is 0 Å². The Morgan fingerprint density at radius 2 is 0.912 bits per heavy atom. The van der Waals surface area contributed by atoms with Gasteiger partial charge in [-0.25, -0.2) is 0 Å². The van der Waals surface area contributed by atoms with Crippen LogP contribution in [0.25, 0.3) is 0 Å². The van der Waals surface area contributed by atoms with Crippen molar-refractivity contribution in [1.82, 2.24) is 4.90 Å². The highest BCUT2D eigenvalue weighted by Crippen LogP contribution is 2.52. The van der Waals surface area contributed by atoms with Gasteiger partial charge in [0.15, 0.2) is 0 Å². The number of allylic oxidation sites excluding steroid dienone is 18. The average Bonchev–Trinajstić information content (AvgIpc) is 3.98. The maximum absolute atomic E-state index is 4.51. The Morgan fingerprint density at radius 3 is 1.34 bits per heavy atom. The van der Waals surface area contributed by atoms with Crippen molar-refractivity contribution in [3.05, 3.63) is 130 Å². The quantitative estimate of drug-likeness (QED) is 0.0369. The Hall–Kier alpha value is -3.06. The number of likely N-dealkylation sites (tertiary alicyclic amines) is 1. The SMILES string of the molecule is C=C(C)CCCCCC.C=C(C)CCCCCN1C2=CCCC=C2C(C)(C)/C1=C\C=C1/CCC(/C=C/C(=C)C(C)(C)C2=CCCC=C2C)=C1C.CC.CCCC.CCCC.CCCCCCCCCC.CCCCCCCCCC. The van der Waals surface area contributed by atoms with E-state index in [0.717, 1.165) is 51.5 Å². The standard InChI is InChI=1S/C40H55N.2C10H22.C9H18.2C4H10.C2H6/c1-29(2)17-11-10-16-28-41-37-21-15-14-20-36(37)40(8,9)38(41)27-26-34-25-24-33(32(34)5)23-22-31(4)39(6,7)35-19-13-12-18-30(35)3;2*1-3-5-7-9-10-8-6-4-2;1-4-5-6-7-8-9(2)3;2*1-3-4-2;1-2/h18-23,26-27H,1,4,10-17,24-25,28H2,2-3,5-9H3;2*3-10H2,1-2H3;2,4-8H2,1,3H3;2*3-4H2,1-2H3;1-2H3/b23-22+,34-26+,38-27+;;;;;;. The molecule has 0 aromatic heterocycles. The molecule has 1 nitrogen and oxygen atoms in total. The first-order valence-electron chi connectivity index (χ1n) is 34.7. The summed E-state index contributed by atoms with van der Waals surface area (Å²) in [6.45, 7) is 55.9. The molecule has 1 fully saturated rings. The summed E-state index contributed by atoms with van der Waals surface area (Å²) in [6, 6.07) is 0. The van der Waals surface area contributed by atoms with Crippen molar-refractivity contribution in [2.24, 2.45) is 10.8 Å². The molecule has 0 radical (unpaired) electrons. The van der Waals surface area contributed by atoms with Crippen LogP contribution in [-0.4, -0.2) is 11.4 Å². The van der Waals surface area contributed by atoms with Crippen LogP contribution in [0.5, 0.6) is 0 Å². The Bertz CT molecular complexity index is 1780. The third-order valence-electron chi connectivity index (χ3n) is 16.3. The minimum Gasteiger partial charge on any atom is -0.344 e. The molecule has 0 bridgehead atoms. The summed E-state index contributed by atoms with van der Waals surface area (Å²) in [5, 5.41) is 0.